The van der Waals surface area contributed by atoms with Crippen molar-refractivity contribution in [3.8, 4) is 5.69 Å². The summed E-state index contributed by atoms with van der Waals surface area (Å²) in [6.45, 7) is 2.75. The maximum atomic E-state index is 5.49. The van der Waals surface area contributed by atoms with Crippen LogP contribution in [0.15, 0.2) is 36.7 Å². The van der Waals surface area contributed by atoms with Crippen LogP contribution in [-0.2, 0) is 6.42 Å². The van der Waals surface area contributed by atoms with E-state index in [-0.39, 0.29) is 0 Å². The molecule has 0 aliphatic carbocycles. The molecule has 2 aromatic rings. The molecule has 0 bridgehead atoms. The lowest BCUT2D eigenvalue weighted by Gasteiger charge is -2.06. The SMILES string of the molecule is Cc1nccn1-c1ccc(CCCN)cc1. The summed E-state index contributed by atoms with van der Waals surface area (Å²) in [4.78, 5) is 4.21. The zero-order valence-electron chi connectivity index (χ0n) is 9.56. The minimum absolute atomic E-state index is 0.752. The molecule has 1 aromatic carbocycles. The van der Waals surface area contributed by atoms with Crippen LogP contribution in [0.25, 0.3) is 5.69 Å². The molecular formula is C13H17N3. The van der Waals surface area contributed by atoms with Crippen molar-refractivity contribution in [2.75, 3.05) is 6.54 Å². The largest absolute Gasteiger partial charge is 0.330 e. The van der Waals surface area contributed by atoms with Gasteiger partial charge in [0.05, 0.1) is 0 Å². The highest BCUT2D eigenvalue weighted by Crippen LogP contribution is 2.12. The Morgan fingerprint density at radius 1 is 1.25 bits per heavy atom. The number of hydrogen-bond acceptors (Lipinski definition) is 2. The molecule has 16 heavy (non-hydrogen) atoms. The van der Waals surface area contributed by atoms with Gasteiger partial charge in [0, 0.05) is 18.1 Å². The first kappa shape index (κ1) is 10.9. The van der Waals surface area contributed by atoms with Gasteiger partial charge in [0.25, 0.3) is 0 Å². The van der Waals surface area contributed by atoms with Crippen LogP contribution < -0.4 is 5.73 Å². The fourth-order valence-corrected chi connectivity index (χ4v) is 1.78. The van der Waals surface area contributed by atoms with Crippen LogP contribution in [0, 0.1) is 6.92 Å². The van der Waals surface area contributed by atoms with Crippen molar-refractivity contribution in [2.45, 2.75) is 19.8 Å². The Balaban J connectivity index is 2.16. The molecule has 0 saturated carbocycles. The maximum Gasteiger partial charge on any atom is 0.110 e. The highest BCUT2D eigenvalue weighted by Gasteiger charge is 1.99. The van der Waals surface area contributed by atoms with Crippen molar-refractivity contribution in [1.29, 1.82) is 0 Å². The summed E-state index contributed by atoms with van der Waals surface area (Å²) >= 11 is 0. The van der Waals surface area contributed by atoms with Gasteiger partial charge in [-0.1, -0.05) is 12.1 Å². The minimum Gasteiger partial charge on any atom is -0.330 e. The molecule has 0 unspecified atom stereocenters. The van der Waals surface area contributed by atoms with E-state index in [0.717, 1.165) is 30.9 Å². The predicted octanol–water partition coefficient (Wildman–Crippen LogP) is 2.07. The van der Waals surface area contributed by atoms with E-state index in [4.69, 9.17) is 5.73 Å². The van der Waals surface area contributed by atoms with Crippen molar-refractivity contribution in [2.24, 2.45) is 5.73 Å². The number of nitrogens with zero attached hydrogens (tertiary/aromatic N) is 2. The highest BCUT2D eigenvalue weighted by molar-refractivity contribution is 5.35. The van der Waals surface area contributed by atoms with Crippen LogP contribution >= 0.6 is 0 Å². The van der Waals surface area contributed by atoms with Gasteiger partial charge in [-0.25, -0.2) is 4.98 Å². The first-order valence-electron chi connectivity index (χ1n) is 5.60. The molecule has 0 atom stereocenters. The quantitative estimate of drug-likeness (QED) is 0.848. The van der Waals surface area contributed by atoms with Crippen LogP contribution in [0.4, 0.5) is 0 Å². The van der Waals surface area contributed by atoms with E-state index in [1.165, 1.54) is 5.56 Å². The summed E-state index contributed by atoms with van der Waals surface area (Å²) in [7, 11) is 0. The summed E-state index contributed by atoms with van der Waals surface area (Å²) < 4.78 is 2.08. The van der Waals surface area contributed by atoms with Gasteiger partial charge in [-0.3, -0.25) is 0 Å². The molecular weight excluding hydrogens is 198 g/mol. The molecule has 1 aromatic heterocycles. The monoisotopic (exact) mass is 215 g/mol. The molecule has 3 nitrogen and oxygen atoms in total. The zero-order valence-corrected chi connectivity index (χ0v) is 9.56. The maximum absolute atomic E-state index is 5.49. The second-order valence-electron chi connectivity index (χ2n) is 3.90. The Hall–Kier alpha value is -1.61. The average Bonchev–Trinajstić information content (AvgIpc) is 2.74. The van der Waals surface area contributed by atoms with Crippen LogP contribution in [0.2, 0.25) is 0 Å². The molecule has 0 saturated heterocycles. The fraction of sp³-hybridized carbons (Fsp3) is 0.308. The van der Waals surface area contributed by atoms with Crippen molar-refractivity contribution in [1.82, 2.24) is 9.55 Å². The smallest absolute Gasteiger partial charge is 0.110 e. The molecule has 0 fully saturated rings. The van der Waals surface area contributed by atoms with Gasteiger partial charge in [-0.15, -0.1) is 0 Å². The lowest BCUT2D eigenvalue weighted by molar-refractivity contribution is 0.832. The van der Waals surface area contributed by atoms with Crippen LogP contribution in [0.1, 0.15) is 17.8 Å². The number of nitrogens with two attached hydrogens (primary N) is 1. The third-order valence-electron chi connectivity index (χ3n) is 2.71. The van der Waals surface area contributed by atoms with E-state index in [9.17, 15) is 0 Å². The van der Waals surface area contributed by atoms with Crippen molar-refractivity contribution in [3.63, 3.8) is 0 Å². The van der Waals surface area contributed by atoms with E-state index >= 15 is 0 Å². The molecule has 0 aliphatic rings. The van der Waals surface area contributed by atoms with Gasteiger partial charge in [0.1, 0.15) is 5.82 Å². The average molecular weight is 215 g/mol. The van der Waals surface area contributed by atoms with E-state index in [2.05, 4.69) is 33.8 Å². The van der Waals surface area contributed by atoms with Crippen LogP contribution in [0.3, 0.4) is 0 Å². The first-order chi connectivity index (χ1) is 7.81. The number of rotatable bonds is 4. The number of aryl methyl sites for hydroxylation is 2. The Kier molecular flexibility index (Phi) is 3.37. The Labute approximate surface area is 95.9 Å². The van der Waals surface area contributed by atoms with E-state index in [0.29, 0.717) is 0 Å². The Morgan fingerprint density at radius 2 is 2.00 bits per heavy atom. The number of aromatic nitrogens is 2. The summed E-state index contributed by atoms with van der Waals surface area (Å²) in [6.07, 6.45) is 5.89. The molecule has 0 amide bonds. The standard InChI is InChI=1S/C13H17N3/c1-11-15-9-10-16(11)13-6-4-12(5-7-13)3-2-8-14/h4-7,9-10H,2-3,8,14H2,1H3. The second-order valence-corrected chi connectivity index (χ2v) is 3.90. The van der Waals surface area contributed by atoms with Crippen molar-refractivity contribution < 1.29 is 0 Å². The van der Waals surface area contributed by atoms with Gasteiger partial charge >= 0.3 is 0 Å². The molecule has 3 heteroatoms. The molecule has 0 aliphatic heterocycles. The Morgan fingerprint density at radius 3 is 2.56 bits per heavy atom. The third kappa shape index (κ3) is 2.31. The lowest BCUT2D eigenvalue weighted by Crippen LogP contribution is -2.00. The van der Waals surface area contributed by atoms with E-state index < -0.39 is 0 Å². The second kappa shape index (κ2) is 4.94. The molecule has 0 spiro atoms. The van der Waals surface area contributed by atoms with Crippen LogP contribution in [0.5, 0.6) is 0 Å². The zero-order chi connectivity index (χ0) is 11.4. The van der Waals surface area contributed by atoms with Gasteiger partial charge in [0.2, 0.25) is 0 Å². The Bertz CT molecular complexity index is 442. The van der Waals surface area contributed by atoms with Gasteiger partial charge in [-0.2, -0.15) is 0 Å². The summed E-state index contributed by atoms with van der Waals surface area (Å²) in [5, 5.41) is 0. The topological polar surface area (TPSA) is 43.8 Å². The summed E-state index contributed by atoms with van der Waals surface area (Å²) in [5.41, 5.74) is 7.99. The predicted molar refractivity (Wildman–Crippen MR) is 65.7 cm³/mol. The molecule has 2 rings (SSSR count). The van der Waals surface area contributed by atoms with Gasteiger partial charge in [-0.05, 0) is 44.0 Å². The number of hydrogen-bond donors (Lipinski definition) is 1. The van der Waals surface area contributed by atoms with Crippen molar-refractivity contribution in [3.05, 3.63) is 48.0 Å². The molecule has 0 radical (unpaired) electrons. The van der Waals surface area contributed by atoms with Crippen LogP contribution in [-0.4, -0.2) is 16.1 Å². The number of imidazole rings is 1. The number of benzene rings is 1. The highest BCUT2D eigenvalue weighted by atomic mass is 15.1. The summed E-state index contributed by atoms with van der Waals surface area (Å²) in [5.74, 6) is 1.01. The third-order valence-corrected chi connectivity index (χ3v) is 2.71. The molecule has 2 N–H and O–H groups in total. The molecule has 84 valence electrons. The fourth-order valence-electron chi connectivity index (χ4n) is 1.78. The van der Waals surface area contributed by atoms with Gasteiger partial charge in [0.15, 0.2) is 0 Å². The normalized spacial score (nSPS) is 10.6. The summed E-state index contributed by atoms with van der Waals surface area (Å²) in [6, 6.07) is 8.57. The van der Waals surface area contributed by atoms with Crippen molar-refractivity contribution >= 4 is 0 Å². The minimum atomic E-state index is 0.752. The van der Waals surface area contributed by atoms with Gasteiger partial charge < -0.3 is 10.3 Å². The first-order valence-corrected chi connectivity index (χ1v) is 5.60. The lowest BCUT2D eigenvalue weighted by atomic mass is 10.1. The molecule has 1 heterocycles. The van der Waals surface area contributed by atoms with E-state index in [1.54, 1.807) is 0 Å². The van der Waals surface area contributed by atoms with E-state index in [1.807, 2.05) is 19.3 Å².